The van der Waals surface area contributed by atoms with E-state index in [2.05, 4.69) is 34.9 Å². The maximum absolute atomic E-state index is 6.03. The van der Waals surface area contributed by atoms with Gasteiger partial charge in [0.05, 0.1) is 5.69 Å². The number of aryl methyl sites for hydroxylation is 1. The van der Waals surface area contributed by atoms with Crippen molar-refractivity contribution >= 4 is 23.5 Å². The fraction of sp³-hybridized carbons (Fsp3) is 0.389. The summed E-state index contributed by atoms with van der Waals surface area (Å²) in [5.74, 6) is 0. The van der Waals surface area contributed by atoms with Crippen molar-refractivity contribution < 1.29 is 0 Å². The van der Waals surface area contributed by atoms with Crippen LogP contribution in [-0.4, -0.2) is 10.8 Å². The first kappa shape index (κ1) is 14.4. The summed E-state index contributed by atoms with van der Waals surface area (Å²) >= 11 is 6.03. The van der Waals surface area contributed by atoms with Gasteiger partial charge in [-0.05, 0) is 43.5 Å². The molecule has 1 aromatic heterocycles. The molecule has 0 aliphatic heterocycles. The molecule has 0 amide bonds. The summed E-state index contributed by atoms with van der Waals surface area (Å²) in [5.41, 5.74) is 3.23. The highest BCUT2D eigenvalue weighted by Crippen LogP contribution is 2.28. The van der Waals surface area contributed by atoms with Crippen molar-refractivity contribution in [3.63, 3.8) is 0 Å². The van der Waals surface area contributed by atoms with E-state index in [1.165, 1.54) is 32.1 Å². The number of benzene rings is 1. The van der Waals surface area contributed by atoms with Gasteiger partial charge in [-0.15, -0.1) is 0 Å². The average molecular weight is 301 g/mol. The lowest BCUT2D eigenvalue weighted by atomic mass is 9.95. The van der Waals surface area contributed by atoms with E-state index in [1.807, 2.05) is 24.4 Å². The molecule has 0 saturated heterocycles. The molecule has 1 fully saturated rings. The Bertz CT molecular complexity index is 636. The molecule has 1 saturated carbocycles. The smallest absolute Gasteiger partial charge is 0.0673 e. The Kier molecular flexibility index (Phi) is 4.45. The summed E-state index contributed by atoms with van der Waals surface area (Å²) in [5, 5.41) is 0.729. The Labute approximate surface area is 131 Å². The first-order chi connectivity index (χ1) is 10.2. The number of aromatic nitrogens is 1. The molecule has 3 rings (SSSR count). The number of halogens is 1. The van der Waals surface area contributed by atoms with E-state index in [9.17, 15) is 0 Å². The first-order valence-electron chi connectivity index (χ1n) is 7.70. The highest BCUT2D eigenvalue weighted by atomic mass is 35.5. The number of rotatable bonds is 3. The van der Waals surface area contributed by atoms with Crippen LogP contribution in [0.4, 0.5) is 5.69 Å². The second-order valence-electron chi connectivity index (χ2n) is 5.87. The van der Waals surface area contributed by atoms with Gasteiger partial charge < -0.3 is 4.57 Å². The summed E-state index contributed by atoms with van der Waals surface area (Å²) in [6.07, 6.45) is 13.0. The van der Waals surface area contributed by atoms with Gasteiger partial charge in [0.1, 0.15) is 0 Å². The fourth-order valence-electron chi connectivity index (χ4n) is 2.98. The number of nitrogens with zero attached hydrogens (tertiary/aromatic N) is 2. The number of hydrogen-bond acceptors (Lipinski definition) is 1. The SMILES string of the molecule is Cc1ccc(Cl)cc1N=Cc1ccn(C2CCCCC2)c1. The third-order valence-electron chi connectivity index (χ3n) is 4.26. The molecule has 1 aromatic carbocycles. The predicted octanol–water partition coefficient (Wildman–Crippen LogP) is 5.71. The highest BCUT2D eigenvalue weighted by Gasteiger charge is 2.14. The van der Waals surface area contributed by atoms with Crippen LogP contribution in [0, 0.1) is 6.92 Å². The molecule has 2 nitrogen and oxygen atoms in total. The van der Waals surface area contributed by atoms with Gasteiger partial charge in [0, 0.05) is 35.2 Å². The van der Waals surface area contributed by atoms with Crippen molar-refractivity contribution in [2.45, 2.75) is 45.1 Å². The lowest BCUT2D eigenvalue weighted by molar-refractivity contribution is 0.354. The average Bonchev–Trinajstić information content (AvgIpc) is 2.98. The van der Waals surface area contributed by atoms with Crippen LogP contribution in [0.5, 0.6) is 0 Å². The Balaban J connectivity index is 1.74. The minimum atomic E-state index is 0.675. The van der Waals surface area contributed by atoms with Gasteiger partial charge in [-0.2, -0.15) is 0 Å². The van der Waals surface area contributed by atoms with Crippen LogP contribution < -0.4 is 0 Å². The minimum absolute atomic E-state index is 0.675. The molecule has 110 valence electrons. The van der Waals surface area contributed by atoms with Gasteiger partial charge in [0.25, 0.3) is 0 Å². The lowest BCUT2D eigenvalue weighted by Gasteiger charge is -2.23. The van der Waals surface area contributed by atoms with E-state index in [0.717, 1.165) is 21.8 Å². The first-order valence-corrected chi connectivity index (χ1v) is 8.08. The predicted molar refractivity (Wildman–Crippen MR) is 90.0 cm³/mol. The summed E-state index contributed by atoms with van der Waals surface area (Å²) in [6, 6.07) is 8.62. The molecule has 0 radical (unpaired) electrons. The van der Waals surface area contributed by atoms with Crippen LogP contribution in [0.1, 0.15) is 49.3 Å². The second kappa shape index (κ2) is 6.48. The topological polar surface area (TPSA) is 17.3 Å². The molecule has 1 aliphatic carbocycles. The molecule has 0 spiro atoms. The summed E-state index contributed by atoms with van der Waals surface area (Å²) in [7, 11) is 0. The molecule has 3 heteroatoms. The van der Waals surface area contributed by atoms with Crippen LogP contribution >= 0.6 is 11.6 Å². The van der Waals surface area contributed by atoms with E-state index in [1.54, 1.807) is 0 Å². The lowest BCUT2D eigenvalue weighted by Crippen LogP contribution is -2.10. The van der Waals surface area contributed by atoms with Crippen LogP contribution in [-0.2, 0) is 0 Å². The van der Waals surface area contributed by atoms with Crippen LogP contribution in [0.2, 0.25) is 5.02 Å². The molecule has 1 heterocycles. The van der Waals surface area contributed by atoms with Gasteiger partial charge in [-0.1, -0.05) is 36.9 Å². The summed E-state index contributed by atoms with van der Waals surface area (Å²) in [4.78, 5) is 4.57. The zero-order chi connectivity index (χ0) is 14.7. The molecular weight excluding hydrogens is 280 g/mol. The standard InChI is InChI=1S/C18H21ClN2/c1-14-7-8-16(19)11-18(14)20-12-15-9-10-21(13-15)17-5-3-2-4-6-17/h7-13,17H,2-6H2,1H3. The van der Waals surface area contributed by atoms with Crippen molar-refractivity contribution in [2.24, 2.45) is 4.99 Å². The van der Waals surface area contributed by atoms with Gasteiger partial charge in [-0.25, -0.2) is 0 Å². The quantitative estimate of drug-likeness (QED) is 0.646. The normalized spacial score (nSPS) is 16.7. The van der Waals surface area contributed by atoms with Crippen molar-refractivity contribution in [2.75, 3.05) is 0 Å². The van der Waals surface area contributed by atoms with Gasteiger partial charge in [0.2, 0.25) is 0 Å². The molecule has 0 atom stereocenters. The summed E-state index contributed by atoms with van der Waals surface area (Å²) < 4.78 is 2.35. The zero-order valence-corrected chi connectivity index (χ0v) is 13.2. The maximum atomic E-state index is 6.03. The largest absolute Gasteiger partial charge is 0.351 e. The Morgan fingerprint density at radius 1 is 1.19 bits per heavy atom. The number of hydrogen-bond donors (Lipinski definition) is 0. The molecule has 0 N–H and O–H groups in total. The molecule has 21 heavy (non-hydrogen) atoms. The van der Waals surface area contributed by atoms with E-state index >= 15 is 0 Å². The van der Waals surface area contributed by atoms with Crippen LogP contribution in [0.15, 0.2) is 41.7 Å². The van der Waals surface area contributed by atoms with Gasteiger partial charge in [-0.3, -0.25) is 4.99 Å². The monoisotopic (exact) mass is 300 g/mol. The Morgan fingerprint density at radius 2 is 2.00 bits per heavy atom. The molecule has 2 aromatic rings. The fourth-order valence-corrected chi connectivity index (χ4v) is 3.15. The van der Waals surface area contributed by atoms with Gasteiger partial charge >= 0.3 is 0 Å². The van der Waals surface area contributed by atoms with E-state index in [4.69, 9.17) is 11.6 Å². The maximum Gasteiger partial charge on any atom is 0.0673 e. The Morgan fingerprint density at radius 3 is 2.81 bits per heavy atom. The van der Waals surface area contributed by atoms with E-state index in [0.29, 0.717) is 6.04 Å². The highest BCUT2D eigenvalue weighted by molar-refractivity contribution is 6.30. The third-order valence-corrected chi connectivity index (χ3v) is 4.49. The van der Waals surface area contributed by atoms with Crippen molar-refractivity contribution in [3.8, 4) is 0 Å². The van der Waals surface area contributed by atoms with Crippen molar-refractivity contribution in [1.82, 2.24) is 4.57 Å². The molecule has 0 bridgehead atoms. The molecule has 1 aliphatic rings. The third kappa shape index (κ3) is 3.56. The molecular formula is C18H21ClN2. The van der Waals surface area contributed by atoms with Crippen molar-refractivity contribution in [3.05, 3.63) is 52.8 Å². The van der Waals surface area contributed by atoms with Crippen LogP contribution in [0.25, 0.3) is 0 Å². The number of aliphatic imine (C=N–C) groups is 1. The Hall–Kier alpha value is -1.54. The van der Waals surface area contributed by atoms with E-state index < -0.39 is 0 Å². The van der Waals surface area contributed by atoms with E-state index in [-0.39, 0.29) is 0 Å². The minimum Gasteiger partial charge on any atom is -0.351 e. The van der Waals surface area contributed by atoms with Crippen LogP contribution in [0.3, 0.4) is 0 Å². The summed E-state index contributed by atoms with van der Waals surface area (Å²) in [6.45, 7) is 2.05. The van der Waals surface area contributed by atoms with Crippen molar-refractivity contribution in [1.29, 1.82) is 0 Å². The zero-order valence-electron chi connectivity index (χ0n) is 12.4. The van der Waals surface area contributed by atoms with Gasteiger partial charge in [0.15, 0.2) is 0 Å². The second-order valence-corrected chi connectivity index (χ2v) is 6.31. The molecule has 0 unspecified atom stereocenters.